The van der Waals surface area contributed by atoms with Crippen LogP contribution in [0.3, 0.4) is 0 Å². The van der Waals surface area contributed by atoms with Gasteiger partial charge in [0.05, 0.1) is 7.11 Å². The summed E-state index contributed by atoms with van der Waals surface area (Å²) in [6.45, 7) is 2.30. The van der Waals surface area contributed by atoms with Crippen molar-refractivity contribution in [3.8, 4) is 5.75 Å². The van der Waals surface area contributed by atoms with Crippen LogP contribution in [0.4, 0.5) is 0 Å². The predicted octanol–water partition coefficient (Wildman–Crippen LogP) is 4.34. The quantitative estimate of drug-likeness (QED) is 0.843. The molecule has 1 aliphatic rings. The molecule has 0 amide bonds. The molecule has 0 saturated heterocycles. The maximum absolute atomic E-state index is 5.23. The molecule has 0 spiro atoms. The van der Waals surface area contributed by atoms with Gasteiger partial charge in [0.15, 0.2) is 0 Å². The molecule has 0 heterocycles. The Hall–Kier alpha value is -0.670. The molecule has 0 aromatic heterocycles. The van der Waals surface area contributed by atoms with Gasteiger partial charge in [0, 0.05) is 16.2 Å². The molecule has 20 heavy (non-hydrogen) atoms. The Bertz CT molecular complexity index is 392. The lowest BCUT2D eigenvalue weighted by Gasteiger charge is -2.35. The first-order chi connectivity index (χ1) is 9.76. The van der Waals surface area contributed by atoms with Crippen molar-refractivity contribution in [3.05, 3.63) is 24.3 Å². The van der Waals surface area contributed by atoms with Crippen molar-refractivity contribution in [2.45, 2.75) is 55.2 Å². The molecule has 2 nitrogen and oxygen atoms in total. The Morgan fingerprint density at radius 1 is 1.25 bits per heavy atom. The normalized spacial score (nSPS) is 26.4. The van der Waals surface area contributed by atoms with Crippen molar-refractivity contribution >= 4 is 11.8 Å². The van der Waals surface area contributed by atoms with Crippen LogP contribution in [0, 0.1) is 5.92 Å². The summed E-state index contributed by atoms with van der Waals surface area (Å²) >= 11 is 2.03. The van der Waals surface area contributed by atoms with E-state index in [-0.39, 0.29) is 0 Å². The second-order valence-electron chi connectivity index (χ2n) is 5.69. The summed E-state index contributed by atoms with van der Waals surface area (Å²) in [4.78, 5) is 1.35. The van der Waals surface area contributed by atoms with Crippen LogP contribution in [-0.2, 0) is 0 Å². The highest BCUT2D eigenvalue weighted by atomic mass is 32.2. The van der Waals surface area contributed by atoms with Gasteiger partial charge in [-0.1, -0.05) is 19.8 Å². The second-order valence-corrected chi connectivity index (χ2v) is 7.01. The fourth-order valence-corrected chi connectivity index (χ4v) is 4.62. The third-order valence-corrected chi connectivity index (χ3v) is 5.68. The largest absolute Gasteiger partial charge is 0.497 e. The lowest BCUT2D eigenvalue weighted by atomic mass is 9.83. The van der Waals surface area contributed by atoms with E-state index in [1.807, 2.05) is 11.8 Å². The highest BCUT2D eigenvalue weighted by molar-refractivity contribution is 8.00. The number of methoxy groups -OCH3 is 1. The van der Waals surface area contributed by atoms with Crippen LogP contribution >= 0.6 is 11.8 Å². The van der Waals surface area contributed by atoms with Crippen LogP contribution < -0.4 is 10.1 Å². The molecule has 2 rings (SSSR count). The minimum Gasteiger partial charge on any atom is -0.497 e. The summed E-state index contributed by atoms with van der Waals surface area (Å²) < 4.78 is 5.23. The van der Waals surface area contributed by atoms with E-state index in [1.165, 1.54) is 37.0 Å². The fourth-order valence-electron chi connectivity index (χ4n) is 3.17. The molecule has 3 unspecified atom stereocenters. The highest BCUT2D eigenvalue weighted by Crippen LogP contribution is 2.38. The minimum atomic E-state index is 0.648. The Kier molecular flexibility index (Phi) is 6.24. The number of rotatable bonds is 6. The van der Waals surface area contributed by atoms with E-state index in [4.69, 9.17) is 4.74 Å². The van der Waals surface area contributed by atoms with Crippen LogP contribution in [0.5, 0.6) is 5.75 Å². The molecule has 1 aromatic carbocycles. The van der Waals surface area contributed by atoms with Crippen LogP contribution in [0.15, 0.2) is 29.2 Å². The molecule has 0 radical (unpaired) electrons. The average Bonchev–Trinajstić information content (AvgIpc) is 2.49. The van der Waals surface area contributed by atoms with Gasteiger partial charge in [-0.3, -0.25) is 0 Å². The molecule has 1 fully saturated rings. The molecular weight excluding hydrogens is 266 g/mol. The van der Waals surface area contributed by atoms with E-state index in [0.29, 0.717) is 11.3 Å². The van der Waals surface area contributed by atoms with Gasteiger partial charge in [0.1, 0.15) is 5.75 Å². The first-order valence-corrected chi connectivity index (χ1v) is 8.62. The van der Waals surface area contributed by atoms with E-state index < -0.39 is 0 Å². The molecular formula is C17H27NOS. The average molecular weight is 293 g/mol. The van der Waals surface area contributed by atoms with E-state index in [9.17, 15) is 0 Å². The molecule has 0 aliphatic heterocycles. The smallest absolute Gasteiger partial charge is 0.118 e. The summed E-state index contributed by atoms with van der Waals surface area (Å²) in [5.41, 5.74) is 0. The summed E-state index contributed by atoms with van der Waals surface area (Å²) in [6.07, 6.45) is 6.75. The van der Waals surface area contributed by atoms with Gasteiger partial charge in [-0.05, 0) is 56.5 Å². The van der Waals surface area contributed by atoms with Crippen molar-refractivity contribution < 1.29 is 4.74 Å². The Balaban J connectivity index is 1.99. The lowest BCUT2D eigenvalue weighted by molar-refractivity contribution is 0.295. The molecule has 1 N–H and O–H groups in total. The third kappa shape index (κ3) is 4.16. The van der Waals surface area contributed by atoms with Gasteiger partial charge < -0.3 is 10.1 Å². The number of hydrogen-bond donors (Lipinski definition) is 1. The number of ether oxygens (including phenoxy) is 1. The molecule has 1 aromatic rings. The van der Waals surface area contributed by atoms with E-state index in [0.717, 1.165) is 11.7 Å². The van der Waals surface area contributed by atoms with Crippen LogP contribution in [0.1, 0.15) is 39.0 Å². The van der Waals surface area contributed by atoms with Gasteiger partial charge in [-0.25, -0.2) is 0 Å². The third-order valence-electron chi connectivity index (χ3n) is 4.31. The number of benzene rings is 1. The van der Waals surface area contributed by atoms with Crippen LogP contribution in [0.25, 0.3) is 0 Å². The number of hydrogen-bond acceptors (Lipinski definition) is 3. The molecule has 1 saturated carbocycles. The van der Waals surface area contributed by atoms with Crippen molar-refractivity contribution in [1.82, 2.24) is 5.32 Å². The first kappa shape index (κ1) is 15.7. The molecule has 1 aliphatic carbocycles. The zero-order valence-corrected chi connectivity index (χ0v) is 13.7. The van der Waals surface area contributed by atoms with Gasteiger partial charge in [-0.2, -0.15) is 0 Å². The number of nitrogens with one attached hydrogen (secondary N) is 1. The van der Waals surface area contributed by atoms with Gasteiger partial charge in [0.25, 0.3) is 0 Å². The lowest BCUT2D eigenvalue weighted by Crippen LogP contribution is -2.40. The van der Waals surface area contributed by atoms with E-state index >= 15 is 0 Å². The van der Waals surface area contributed by atoms with Gasteiger partial charge in [0.2, 0.25) is 0 Å². The summed E-state index contributed by atoms with van der Waals surface area (Å²) in [5, 5.41) is 4.21. The van der Waals surface area contributed by atoms with Gasteiger partial charge >= 0.3 is 0 Å². The van der Waals surface area contributed by atoms with Crippen molar-refractivity contribution in [2.75, 3.05) is 14.2 Å². The highest BCUT2D eigenvalue weighted by Gasteiger charge is 2.29. The van der Waals surface area contributed by atoms with E-state index in [2.05, 4.69) is 43.6 Å². The Morgan fingerprint density at radius 2 is 2.00 bits per heavy atom. The Morgan fingerprint density at radius 3 is 2.60 bits per heavy atom. The topological polar surface area (TPSA) is 21.3 Å². The molecule has 112 valence electrons. The Labute approximate surface area is 127 Å². The van der Waals surface area contributed by atoms with Crippen molar-refractivity contribution in [1.29, 1.82) is 0 Å². The minimum absolute atomic E-state index is 0.648. The second kappa shape index (κ2) is 7.94. The molecule has 3 heteroatoms. The fraction of sp³-hybridized carbons (Fsp3) is 0.647. The van der Waals surface area contributed by atoms with Crippen LogP contribution in [0.2, 0.25) is 0 Å². The summed E-state index contributed by atoms with van der Waals surface area (Å²) in [5.74, 6) is 1.85. The summed E-state index contributed by atoms with van der Waals surface area (Å²) in [6, 6.07) is 9.13. The first-order valence-electron chi connectivity index (χ1n) is 7.74. The SMILES string of the molecule is CCCC1CCC(NC)C(Sc2ccc(OC)cc2)C1. The summed E-state index contributed by atoms with van der Waals surface area (Å²) in [7, 11) is 3.82. The van der Waals surface area contributed by atoms with Crippen molar-refractivity contribution in [2.24, 2.45) is 5.92 Å². The van der Waals surface area contributed by atoms with Crippen LogP contribution in [-0.4, -0.2) is 25.4 Å². The molecule has 3 atom stereocenters. The zero-order valence-electron chi connectivity index (χ0n) is 12.9. The van der Waals surface area contributed by atoms with Gasteiger partial charge in [-0.15, -0.1) is 11.8 Å². The maximum atomic E-state index is 5.23. The zero-order chi connectivity index (χ0) is 14.4. The molecule has 0 bridgehead atoms. The maximum Gasteiger partial charge on any atom is 0.118 e. The van der Waals surface area contributed by atoms with E-state index in [1.54, 1.807) is 7.11 Å². The number of thioether (sulfide) groups is 1. The van der Waals surface area contributed by atoms with Crippen molar-refractivity contribution in [3.63, 3.8) is 0 Å². The monoisotopic (exact) mass is 293 g/mol. The standard InChI is InChI=1S/C17H27NOS/c1-4-5-13-6-11-16(18-2)17(12-13)20-15-9-7-14(19-3)8-10-15/h7-10,13,16-18H,4-6,11-12H2,1-3H3. The predicted molar refractivity (Wildman–Crippen MR) is 87.7 cm³/mol.